The fourth-order valence-corrected chi connectivity index (χ4v) is 2.77. The number of hydrogen-bond acceptors (Lipinski definition) is 4. The standard InChI is InChI=1S/C18H15FN4O2/c1-9-2-3-20-8-13(9)11-4-10-7-21-16(6-15(10)22-17(11)24)23-18(25)12-5-14(12)19/h2-4,6-8,12,14H,5H2,1H3,(H,22,24)(H,21,23,25)/t12-,14-/m0/s1. The van der Waals surface area contributed by atoms with E-state index < -0.39 is 12.1 Å². The van der Waals surface area contributed by atoms with E-state index in [1.807, 2.05) is 13.0 Å². The maximum atomic E-state index is 12.9. The molecule has 2 atom stereocenters. The number of fused-ring (bicyclic) bond motifs is 1. The van der Waals surface area contributed by atoms with Crippen molar-refractivity contribution in [2.75, 3.05) is 5.32 Å². The summed E-state index contributed by atoms with van der Waals surface area (Å²) in [6, 6.07) is 5.16. The molecular weight excluding hydrogens is 323 g/mol. The molecule has 7 heteroatoms. The average molecular weight is 338 g/mol. The van der Waals surface area contributed by atoms with Crippen LogP contribution in [-0.4, -0.2) is 27.0 Å². The molecule has 4 rings (SSSR count). The molecule has 0 bridgehead atoms. The van der Waals surface area contributed by atoms with Gasteiger partial charge in [-0.05, 0) is 31.0 Å². The highest BCUT2D eigenvalue weighted by molar-refractivity contribution is 5.95. The van der Waals surface area contributed by atoms with Gasteiger partial charge in [-0.1, -0.05) is 0 Å². The Balaban J connectivity index is 1.71. The molecule has 3 aromatic heterocycles. The van der Waals surface area contributed by atoms with Gasteiger partial charge in [-0.2, -0.15) is 0 Å². The number of nitrogens with zero attached hydrogens (tertiary/aromatic N) is 2. The van der Waals surface area contributed by atoms with Crippen LogP contribution in [0.4, 0.5) is 10.2 Å². The Morgan fingerprint density at radius 2 is 2.12 bits per heavy atom. The van der Waals surface area contributed by atoms with E-state index in [2.05, 4.69) is 20.3 Å². The number of carbonyl (C=O) groups is 1. The van der Waals surface area contributed by atoms with E-state index in [0.29, 0.717) is 11.1 Å². The minimum absolute atomic E-state index is 0.252. The van der Waals surface area contributed by atoms with Gasteiger partial charge in [0.05, 0.1) is 11.4 Å². The van der Waals surface area contributed by atoms with Crippen molar-refractivity contribution in [2.24, 2.45) is 5.92 Å². The number of anilines is 1. The number of hydrogen-bond donors (Lipinski definition) is 2. The molecular formula is C18H15FN4O2. The number of aromatic amines is 1. The second-order valence-corrected chi connectivity index (χ2v) is 6.21. The number of alkyl halides is 1. The lowest BCUT2D eigenvalue weighted by molar-refractivity contribution is -0.117. The molecule has 1 aliphatic rings. The number of rotatable bonds is 3. The van der Waals surface area contributed by atoms with Gasteiger partial charge in [0.15, 0.2) is 0 Å². The lowest BCUT2D eigenvalue weighted by Gasteiger charge is -2.08. The third kappa shape index (κ3) is 2.88. The summed E-state index contributed by atoms with van der Waals surface area (Å²) in [4.78, 5) is 35.3. The largest absolute Gasteiger partial charge is 0.321 e. The van der Waals surface area contributed by atoms with Crippen LogP contribution in [0.3, 0.4) is 0 Å². The molecule has 0 unspecified atom stereocenters. The minimum Gasteiger partial charge on any atom is -0.321 e. The highest BCUT2D eigenvalue weighted by Crippen LogP contribution is 2.34. The first-order chi connectivity index (χ1) is 12.0. The van der Waals surface area contributed by atoms with E-state index in [9.17, 15) is 14.0 Å². The maximum Gasteiger partial charge on any atom is 0.256 e. The van der Waals surface area contributed by atoms with Gasteiger partial charge in [0.2, 0.25) is 5.91 Å². The van der Waals surface area contributed by atoms with Gasteiger partial charge in [0, 0.05) is 41.2 Å². The fourth-order valence-electron chi connectivity index (χ4n) is 2.77. The number of halogens is 1. The lowest BCUT2D eigenvalue weighted by Crippen LogP contribution is -2.16. The summed E-state index contributed by atoms with van der Waals surface area (Å²) >= 11 is 0. The van der Waals surface area contributed by atoms with Crippen LogP contribution >= 0.6 is 0 Å². The Labute approximate surface area is 142 Å². The Morgan fingerprint density at radius 1 is 1.32 bits per heavy atom. The van der Waals surface area contributed by atoms with E-state index in [1.165, 1.54) is 0 Å². The zero-order valence-electron chi connectivity index (χ0n) is 13.4. The summed E-state index contributed by atoms with van der Waals surface area (Å²) < 4.78 is 12.9. The summed E-state index contributed by atoms with van der Waals surface area (Å²) in [5, 5.41) is 3.31. The number of aromatic nitrogens is 3. The van der Waals surface area contributed by atoms with Gasteiger partial charge >= 0.3 is 0 Å². The van der Waals surface area contributed by atoms with Crippen LogP contribution in [0.1, 0.15) is 12.0 Å². The SMILES string of the molecule is Cc1ccncc1-c1cc2cnc(NC(=O)[C@H]3C[C@@H]3F)cc2[nH]c1=O. The van der Waals surface area contributed by atoms with E-state index in [4.69, 9.17) is 0 Å². The zero-order chi connectivity index (χ0) is 17.6. The van der Waals surface area contributed by atoms with Gasteiger partial charge in [0.1, 0.15) is 12.0 Å². The predicted molar refractivity (Wildman–Crippen MR) is 92.0 cm³/mol. The normalized spacial score (nSPS) is 19.0. The third-order valence-corrected chi connectivity index (χ3v) is 4.36. The lowest BCUT2D eigenvalue weighted by atomic mass is 10.0. The van der Waals surface area contributed by atoms with Crippen molar-refractivity contribution in [2.45, 2.75) is 19.5 Å². The van der Waals surface area contributed by atoms with Crippen molar-refractivity contribution in [3.8, 4) is 11.1 Å². The summed E-state index contributed by atoms with van der Waals surface area (Å²) in [7, 11) is 0. The van der Waals surface area contributed by atoms with Crippen molar-refractivity contribution in [1.82, 2.24) is 15.0 Å². The second kappa shape index (κ2) is 5.77. The van der Waals surface area contributed by atoms with Gasteiger partial charge in [-0.15, -0.1) is 0 Å². The molecule has 3 aromatic rings. The molecule has 1 saturated carbocycles. The summed E-state index contributed by atoms with van der Waals surface area (Å²) in [5.41, 5.74) is 2.51. The van der Waals surface area contributed by atoms with Crippen molar-refractivity contribution < 1.29 is 9.18 Å². The first-order valence-corrected chi connectivity index (χ1v) is 7.92. The topological polar surface area (TPSA) is 87.7 Å². The quantitative estimate of drug-likeness (QED) is 0.768. The van der Waals surface area contributed by atoms with Gasteiger partial charge in [0.25, 0.3) is 5.56 Å². The van der Waals surface area contributed by atoms with Crippen molar-refractivity contribution in [3.05, 3.63) is 52.7 Å². The van der Waals surface area contributed by atoms with Crippen LogP contribution in [0.2, 0.25) is 0 Å². The smallest absolute Gasteiger partial charge is 0.256 e. The predicted octanol–water partition coefficient (Wildman–Crippen LogP) is 2.59. The van der Waals surface area contributed by atoms with Crippen molar-refractivity contribution in [1.29, 1.82) is 0 Å². The van der Waals surface area contributed by atoms with Crippen LogP contribution in [-0.2, 0) is 4.79 Å². The molecule has 1 amide bonds. The first-order valence-electron chi connectivity index (χ1n) is 7.92. The van der Waals surface area contributed by atoms with Gasteiger partial charge < -0.3 is 10.3 Å². The minimum atomic E-state index is -1.06. The van der Waals surface area contributed by atoms with E-state index in [0.717, 1.165) is 16.5 Å². The van der Waals surface area contributed by atoms with Crippen LogP contribution in [0.5, 0.6) is 0 Å². The molecule has 25 heavy (non-hydrogen) atoms. The van der Waals surface area contributed by atoms with Crippen LogP contribution in [0.15, 0.2) is 41.6 Å². The summed E-state index contributed by atoms with van der Waals surface area (Å²) in [6.45, 7) is 1.91. The Morgan fingerprint density at radius 3 is 2.84 bits per heavy atom. The molecule has 0 radical (unpaired) electrons. The van der Waals surface area contributed by atoms with E-state index >= 15 is 0 Å². The van der Waals surface area contributed by atoms with E-state index in [1.54, 1.807) is 30.7 Å². The summed E-state index contributed by atoms with van der Waals surface area (Å²) in [6.07, 6.45) is 4.08. The number of amides is 1. The molecule has 1 aliphatic carbocycles. The van der Waals surface area contributed by atoms with Crippen LogP contribution < -0.4 is 10.9 Å². The molecule has 6 nitrogen and oxygen atoms in total. The highest BCUT2D eigenvalue weighted by atomic mass is 19.1. The summed E-state index contributed by atoms with van der Waals surface area (Å²) in [5.74, 6) is -0.686. The fraction of sp³-hybridized carbons (Fsp3) is 0.222. The molecule has 1 fully saturated rings. The number of H-pyrrole nitrogens is 1. The van der Waals surface area contributed by atoms with E-state index in [-0.39, 0.29) is 23.7 Å². The van der Waals surface area contributed by atoms with Crippen molar-refractivity contribution in [3.63, 3.8) is 0 Å². The van der Waals surface area contributed by atoms with Gasteiger partial charge in [-0.3, -0.25) is 14.6 Å². The number of carbonyl (C=O) groups excluding carboxylic acids is 1. The number of nitrogens with one attached hydrogen (secondary N) is 2. The van der Waals surface area contributed by atoms with Gasteiger partial charge in [-0.25, -0.2) is 9.37 Å². The maximum absolute atomic E-state index is 12.9. The Kier molecular flexibility index (Phi) is 3.56. The van der Waals surface area contributed by atoms with Crippen molar-refractivity contribution >= 4 is 22.6 Å². The molecule has 2 N–H and O–H groups in total. The molecule has 0 aromatic carbocycles. The molecule has 0 saturated heterocycles. The third-order valence-electron chi connectivity index (χ3n) is 4.36. The molecule has 0 spiro atoms. The highest BCUT2D eigenvalue weighted by Gasteiger charge is 2.43. The molecule has 126 valence electrons. The molecule has 3 heterocycles. The second-order valence-electron chi connectivity index (χ2n) is 6.21. The molecule has 0 aliphatic heterocycles. The Bertz CT molecular complexity index is 1050. The first kappa shape index (κ1) is 15.4. The van der Waals surface area contributed by atoms with Crippen LogP contribution in [0.25, 0.3) is 22.0 Å². The van der Waals surface area contributed by atoms with Crippen LogP contribution in [0, 0.1) is 12.8 Å². The number of aryl methyl sites for hydroxylation is 1. The monoisotopic (exact) mass is 338 g/mol. The average Bonchev–Trinajstić information content (AvgIpc) is 3.32. The number of pyridine rings is 3. The zero-order valence-corrected chi connectivity index (χ0v) is 13.4. The Hall–Kier alpha value is -3.09.